The fourth-order valence-corrected chi connectivity index (χ4v) is 3.52. The highest BCUT2D eigenvalue weighted by Gasteiger charge is 2.27. The summed E-state index contributed by atoms with van der Waals surface area (Å²) >= 11 is 0. The quantitative estimate of drug-likeness (QED) is 0.696. The molecule has 0 aliphatic carbocycles. The smallest absolute Gasteiger partial charge is 0.259 e. The van der Waals surface area contributed by atoms with Crippen molar-refractivity contribution in [3.05, 3.63) is 77.4 Å². The van der Waals surface area contributed by atoms with Gasteiger partial charge in [0.05, 0.1) is 31.0 Å². The third-order valence-corrected chi connectivity index (χ3v) is 4.95. The van der Waals surface area contributed by atoms with Crippen LogP contribution in [-0.4, -0.2) is 26.0 Å². The van der Waals surface area contributed by atoms with Gasteiger partial charge < -0.3 is 20.1 Å². The first-order valence-corrected chi connectivity index (χ1v) is 9.15. The number of carbonyl (C=O) groups is 2. The van der Waals surface area contributed by atoms with E-state index in [-0.39, 0.29) is 11.8 Å². The Morgan fingerprint density at radius 3 is 2.52 bits per heavy atom. The number of anilines is 1. The molecule has 3 aromatic carbocycles. The summed E-state index contributed by atoms with van der Waals surface area (Å²) in [6, 6.07) is 18.5. The average Bonchev–Trinajstić information content (AvgIpc) is 3.16. The lowest BCUT2D eigenvalue weighted by Crippen LogP contribution is -2.18. The van der Waals surface area contributed by atoms with Crippen molar-refractivity contribution in [3.8, 4) is 22.6 Å². The highest BCUT2D eigenvalue weighted by Crippen LogP contribution is 2.34. The number of rotatable bonds is 5. The van der Waals surface area contributed by atoms with Crippen molar-refractivity contribution >= 4 is 17.5 Å². The van der Waals surface area contributed by atoms with Gasteiger partial charge in [0, 0.05) is 12.6 Å². The average molecular weight is 388 g/mol. The summed E-state index contributed by atoms with van der Waals surface area (Å²) in [4.78, 5) is 25.4. The Morgan fingerprint density at radius 2 is 1.79 bits per heavy atom. The molecular weight excluding hydrogens is 368 g/mol. The fourth-order valence-electron chi connectivity index (χ4n) is 3.52. The lowest BCUT2D eigenvalue weighted by molar-refractivity contribution is 0.0966. The number of hydrogen-bond acceptors (Lipinski definition) is 4. The predicted molar refractivity (Wildman–Crippen MR) is 111 cm³/mol. The SMILES string of the molecule is COc1ccc(C(=O)Nc2ccc(-c3ccccc3)c3c2C(=O)NC3)c(OC)c1. The number of hydrogen-bond donors (Lipinski definition) is 2. The normalized spacial score (nSPS) is 12.1. The van der Waals surface area contributed by atoms with Gasteiger partial charge in [-0.3, -0.25) is 9.59 Å². The van der Waals surface area contributed by atoms with Gasteiger partial charge in [-0.1, -0.05) is 36.4 Å². The van der Waals surface area contributed by atoms with Crippen molar-refractivity contribution in [3.63, 3.8) is 0 Å². The largest absolute Gasteiger partial charge is 0.497 e. The number of benzene rings is 3. The van der Waals surface area contributed by atoms with Crippen molar-refractivity contribution in [1.29, 1.82) is 0 Å². The standard InChI is InChI=1S/C23H20N2O4/c1-28-15-8-9-17(20(12-15)29-2)22(26)25-19-11-10-16(14-6-4-3-5-7-14)18-13-24-23(27)21(18)19/h3-12H,13H2,1-2H3,(H,24,27)(H,25,26). The highest BCUT2D eigenvalue weighted by molar-refractivity contribution is 6.12. The van der Waals surface area contributed by atoms with E-state index in [4.69, 9.17) is 9.47 Å². The molecular formula is C23H20N2O4. The van der Waals surface area contributed by atoms with Gasteiger partial charge in [0.25, 0.3) is 11.8 Å². The van der Waals surface area contributed by atoms with E-state index in [1.54, 1.807) is 31.4 Å². The first kappa shape index (κ1) is 18.6. The van der Waals surface area contributed by atoms with Crippen LogP contribution in [0, 0.1) is 0 Å². The van der Waals surface area contributed by atoms with Crippen molar-refractivity contribution in [2.45, 2.75) is 6.54 Å². The zero-order chi connectivity index (χ0) is 20.4. The van der Waals surface area contributed by atoms with Crippen LogP contribution in [0.1, 0.15) is 26.3 Å². The molecule has 1 heterocycles. The zero-order valence-electron chi connectivity index (χ0n) is 16.1. The Bertz CT molecular complexity index is 1090. The van der Waals surface area contributed by atoms with E-state index < -0.39 is 0 Å². The predicted octanol–water partition coefficient (Wildman–Crippen LogP) is 3.87. The van der Waals surface area contributed by atoms with Gasteiger partial charge in [-0.15, -0.1) is 0 Å². The molecule has 6 heteroatoms. The highest BCUT2D eigenvalue weighted by atomic mass is 16.5. The third-order valence-electron chi connectivity index (χ3n) is 4.95. The lowest BCUT2D eigenvalue weighted by atomic mass is 9.95. The minimum Gasteiger partial charge on any atom is -0.497 e. The van der Waals surface area contributed by atoms with Crippen LogP contribution in [-0.2, 0) is 6.54 Å². The summed E-state index contributed by atoms with van der Waals surface area (Å²) in [6.45, 7) is 0.425. The van der Waals surface area contributed by atoms with Gasteiger partial charge in [0.2, 0.25) is 0 Å². The monoisotopic (exact) mass is 388 g/mol. The van der Waals surface area contributed by atoms with Crippen LogP contribution in [0.25, 0.3) is 11.1 Å². The molecule has 0 radical (unpaired) electrons. The van der Waals surface area contributed by atoms with Crippen LogP contribution >= 0.6 is 0 Å². The van der Waals surface area contributed by atoms with Crippen molar-refractivity contribution in [1.82, 2.24) is 5.32 Å². The molecule has 0 atom stereocenters. The molecule has 6 nitrogen and oxygen atoms in total. The first-order chi connectivity index (χ1) is 14.1. The van der Waals surface area contributed by atoms with Crippen LogP contribution in [0.15, 0.2) is 60.7 Å². The zero-order valence-corrected chi connectivity index (χ0v) is 16.1. The van der Waals surface area contributed by atoms with Crippen LogP contribution in [0.2, 0.25) is 0 Å². The van der Waals surface area contributed by atoms with Gasteiger partial charge in [0.1, 0.15) is 11.5 Å². The Hall–Kier alpha value is -3.80. The van der Waals surface area contributed by atoms with E-state index in [1.165, 1.54) is 7.11 Å². The molecule has 0 saturated carbocycles. The Balaban J connectivity index is 1.71. The number of ether oxygens (including phenoxy) is 2. The molecule has 2 amide bonds. The molecule has 0 spiro atoms. The maximum atomic E-state index is 12.9. The fraction of sp³-hybridized carbons (Fsp3) is 0.130. The molecule has 2 N–H and O–H groups in total. The van der Waals surface area contributed by atoms with E-state index in [1.807, 2.05) is 36.4 Å². The Kier molecular flexibility index (Phi) is 4.91. The van der Waals surface area contributed by atoms with Crippen molar-refractivity contribution in [2.24, 2.45) is 0 Å². The number of methoxy groups -OCH3 is 2. The summed E-state index contributed by atoms with van der Waals surface area (Å²) < 4.78 is 10.5. The number of carbonyl (C=O) groups excluding carboxylic acids is 2. The summed E-state index contributed by atoms with van der Waals surface area (Å²) in [5.74, 6) is 0.420. The molecule has 146 valence electrons. The molecule has 3 aromatic rings. The third kappa shape index (κ3) is 3.40. The number of nitrogens with one attached hydrogen (secondary N) is 2. The second-order valence-corrected chi connectivity index (χ2v) is 6.58. The first-order valence-electron chi connectivity index (χ1n) is 9.15. The molecule has 0 fully saturated rings. The van der Waals surface area contributed by atoms with Gasteiger partial charge in [-0.2, -0.15) is 0 Å². The minimum absolute atomic E-state index is 0.199. The van der Waals surface area contributed by atoms with E-state index in [0.717, 1.165) is 16.7 Å². The van der Waals surface area contributed by atoms with Crippen LogP contribution in [0.5, 0.6) is 11.5 Å². The molecule has 1 aliphatic heterocycles. The second-order valence-electron chi connectivity index (χ2n) is 6.58. The number of amides is 2. The van der Waals surface area contributed by atoms with Gasteiger partial charge in [0.15, 0.2) is 0 Å². The van der Waals surface area contributed by atoms with Crippen LogP contribution in [0.4, 0.5) is 5.69 Å². The minimum atomic E-state index is -0.362. The maximum absolute atomic E-state index is 12.9. The van der Waals surface area contributed by atoms with E-state index in [0.29, 0.717) is 34.9 Å². The molecule has 0 saturated heterocycles. The molecule has 0 unspecified atom stereocenters. The summed E-state index contributed by atoms with van der Waals surface area (Å²) in [5.41, 5.74) is 4.19. The van der Waals surface area contributed by atoms with Crippen molar-refractivity contribution < 1.29 is 19.1 Å². The van der Waals surface area contributed by atoms with Crippen LogP contribution < -0.4 is 20.1 Å². The molecule has 1 aliphatic rings. The van der Waals surface area contributed by atoms with E-state index in [9.17, 15) is 9.59 Å². The summed E-state index contributed by atoms with van der Waals surface area (Å²) in [7, 11) is 3.04. The van der Waals surface area contributed by atoms with E-state index >= 15 is 0 Å². The Labute approximate surface area is 168 Å². The maximum Gasteiger partial charge on any atom is 0.259 e. The topological polar surface area (TPSA) is 76.7 Å². The second kappa shape index (κ2) is 7.67. The summed E-state index contributed by atoms with van der Waals surface area (Å²) in [6.07, 6.45) is 0. The van der Waals surface area contributed by atoms with Gasteiger partial charge in [-0.25, -0.2) is 0 Å². The van der Waals surface area contributed by atoms with E-state index in [2.05, 4.69) is 10.6 Å². The molecule has 29 heavy (non-hydrogen) atoms. The van der Waals surface area contributed by atoms with Gasteiger partial charge >= 0.3 is 0 Å². The lowest BCUT2D eigenvalue weighted by Gasteiger charge is -2.14. The van der Waals surface area contributed by atoms with Crippen LogP contribution in [0.3, 0.4) is 0 Å². The Morgan fingerprint density at radius 1 is 1.00 bits per heavy atom. The van der Waals surface area contributed by atoms with Crippen molar-refractivity contribution in [2.75, 3.05) is 19.5 Å². The summed E-state index contributed by atoms with van der Waals surface area (Å²) in [5, 5.41) is 5.71. The molecule has 0 bridgehead atoms. The molecule has 0 aromatic heterocycles. The van der Waals surface area contributed by atoms with Gasteiger partial charge in [-0.05, 0) is 34.9 Å². The molecule has 4 rings (SSSR count). The number of fused-ring (bicyclic) bond motifs is 1.